The number of hydrogen-bond acceptors (Lipinski definition) is 4. The largest absolute Gasteiger partial charge is 0.486 e. The highest BCUT2D eigenvalue weighted by molar-refractivity contribution is 8.13. The van der Waals surface area contributed by atoms with E-state index < -0.39 is 11.6 Å². The Hall–Kier alpha value is -3.19. The van der Waals surface area contributed by atoms with Crippen molar-refractivity contribution in [1.82, 2.24) is 0 Å². The van der Waals surface area contributed by atoms with E-state index in [0.29, 0.717) is 5.17 Å². The number of rotatable bonds is 7. The Labute approximate surface area is 172 Å². The molecule has 148 valence electrons. The molecule has 3 aromatic carbocycles. The first kappa shape index (κ1) is 20.5. The summed E-state index contributed by atoms with van der Waals surface area (Å²) in [5, 5.41) is 8.37. The smallest absolute Gasteiger partial charge is 0.180 e. The van der Waals surface area contributed by atoms with Crippen LogP contribution in [0.15, 0.2) is 83.0 Å². The molecule has 3 rings (SSSR count). The predicted molar refractivity (Wildman–Crippen MR) is 114 cm³/mol. The molecule has 2 N–H and O–H groups in total. The summed E-state index contributed by atoms with van der Waals surface area (Å²) < 4.78 is 32.0. The Kier molecular flexibility index (Phi) is 7.35. The highest BCUT2D eigenvalue weighted by Gasteiger charge is 2.05. The minimum Gasteiger partial charge on any atom is -0.486 e. The van der Waals surface area contributed by atoms with Crippen LogP contribution in [0.3, 0.4) is 0 Å². The van der Waals surface area contributed by atoms with Gasteiger partial charge in [0.25, 0.3) is 0 Å². The number of benzene rings is 3. The van der Waals surface area contributed by atoms with Gasteiger partial charge in [0.05, 0.1) is 6.21 Å². The monoisotopic (exact) mass is 411 g/mol. The van der Waals surface area contributed by atoms with E-state index in [9.17, 15) is 8.78 Å². The van der Waals surface area contributed by atoms with Gasteiger partial charge in [-0.1, -0.05) is 60.3 Å². The molecule has 7 heteroatoms. The molecule has 0 fully saturated rings. The number of amidine groups is 1. The van der Waals surface area contributed by atoms with Gasteiger partial charge in [0.2, 0.25) is 0 Å². The predicted octanol–water partition coefficient (Wildman–Crippen LogP) is 5.13. The second-order valence-electron chi connectivity index (χ2n) is 6.07. The first-order valence-corrected chi connectivity index (χ1v) is 9.79. The van der Waals surface area contributed by atoms with E-state index in [1.807, 2.05) is 54.6 Å². The molecule has 0 saturated heterocycles. The van der Waals surface area contributed by atoms with Gasteiger partial charge in [-0.05, 0) is 34.9 Å². The fourth-order valence-electron chi connectivity index (χ4n) is 2.43. The molecule has 0 spiro atoms. The molecule has 0 heterocycles. The maximum atomic E-state index is 13.6. The van der Waals surface area contributed by atoms with Gasteiger partial charge in [0.15, 0.2) is 16.7 Å². The lowest BCUT2D eigenvalue weighted by molar-refractivity contribution is 0.289. The van der Waals surface area contributed by atoms with Crippen molar-refractivity contribution < 1.29 is 13.5 Å². The normalized spacial score (nSPS) is 11.7. The first-order chi connectivity index (χ1) is 14.1. The first-order valence-electron chi connectivity index (χ1n) is 8.80. The Morgan fingerprint density at radius 3 is 2.55 bits per heavy atom. The van der Waals surface area contributed by atoms with Gasteiger partial charge in [-0.25, -0.2) is 8.78 Å². The van der Waals surface area contributed by atoms with Crippen molar-refractivity contribution >= 4 is 23.1 Å². The van der Waals surface area contributed by atoms with Crippen molar-refractivity contribution in [3.8, 4) is 5.75 Å². The molecule has 0 unspecified atom stereocenters. The Bertz CT molecular complexity index is 1010. The van der Waals surface area contributed by atoms with E-state index in [-0.39, 0.29) is 12.4 Å². The second-order valence-corrected chi connectivity index (χ2v) is 7.06. The number of nitrogens with zero attached hydrogens (tertiary/aromatic N) is 2. The molecule has 0 saturated carbocycles. The Morgan fingerprint density at radius 2 is 1.76 bits per heavy atom. The standard InChI is InChI=1S/C22H19F2N3OS/c23-19-9-10-21(20(24)12-19)28-14-18-8-4-7-17(11-18)13-26-27-22(25)29-15-16-5-2-1-3-6-16/h1-13H,14-15H2,(H2,25,27). The summed E-state index contributed by atoms with van der Waals surface area (Å²) in [6.07, 6.45) is 1.58. The highest BCUT2D eigenvalue weighted by atomic mass is 32.2. The molecule has 3 aromatic rings. The second kappa shape index (κ2) is 10.4. The van der Waals surface area contributed by atoms with Crippen molar-refractivity contribution in [2.75, 3.05) is 0 Å². The molecule has 0 aliphatic heterocycles. The van der Waals surface area contributed by atoms with Crippen LogP contribution >= 0.6 is 11.8 Å². The minimum absolute atomic E-state index is 0.00159. The number of halogens is 2. The zero-order valence-electron chi connectivity index (χ0n) is 15.5. The molecule has 0 aliphatic rings. The van der Waals surface area contributed by atoms with Crippen molar-refractivity contribution in [2.24, 2.45) is 15.9 Å². The SMILES string of the molecule is NC(=NN=Cc1cccc(COc2ccc(F)cc2F)c1)SCc1ccccc1. The van der Waals surface area contributed by atoms with E-state index in [2.05, 4.69) is 10.2 Å². The van der Waals surface area contributed by atoms with Crippen molar-refractivity contribution in [3.05, 3.63) is 101 Å². The number of nitrogens with two attached hydrogens (primary N) is 1. The minimum atomic E-state index is -0.736. The summed E-state index contributed by atoms with van der Waals surface area (Å²) in [6.45, 7) is 0.141. The molecule has 0 bridgehead atoms. The zero-order valence-corrected chi connectivity index (χ0v) is 16.3. The number of ether oxygens (including phenoxy) is 1. The Balaban J connectivity index is 1.54. The van der Waals surface area contributed by atoms with E-state index >= 15 is 0 Å². The fourth-order valence-corrected chi connectivity index (χ4v) is 3.04. The molecular weight excluding hydrogens is 392 g/mol. The van der Waals surface area contributed by atoms with Gasteiger partial charge in [-0.15, -0.1) is 5.10 Å². The average molecular weight is 411 g/mol. The van der Waals surface area contributed by atoms with Gasteiger partial charge in [0.1, 0.15) is 12.4 Å². The van der Waals surface area contributed by atoms with Crippen LogP contribution in [0, 0.1) is 11.6 Å². The maximum Gasteiger partial charge on any atom is 0.180 e. The van der Waals surface area contributed by atoms with Crippen molar-refractivity contribution in [1.29, 1.82) is 0 Å². The van der Waals surface area contributed by atoms with E-state index in [1.165, 1.54) is 17.8 Å². The van der Waals surface area contributed by atoms with Crippen molar-refractivity contribution in [3.63, 3.8) is 0 Å². The maximum absolute atomic E-state index is 13.6. The number of thioether (sulfide) groups is 1. The summed E-state index contributed by atoms with van der Waals surface area (Å²) in [5.41, 5.74) is 8.64. The van der Waals surface area contributed by atoms with Crippen LogP contribution in [0.2, 0.25) is 0 Å². The molecule has 29 heavy (non-hydrogen) atoms. The van der Waals surface area contributed by atoms with Crippen molar-refractivity contribution in [2.45, 2.75) is 12.4 Å². The number of hydrogen-bond donors (Lipinski definition) is 1. The van der Waals surface area contributed by atoms with Gasteiger partial charge >= 0.3 is 0 Å². The quantitative estimate of drug-likeness (QED) is 0.333. The third-order valence-electron chi connectivity index (χ3n) is 3.83. The molecule has 0 amide bonds. The van der Waals surface area contributed by atoms with Gasteiger partial charge < -0.3 is 10.5 Å². The lowest BCUT2D eigenvalue weighted by atomic mass is 10.1. The topological polar surface area (TPSA) is 60.0 Å². The van der Waals surface area contributed by atoms with Crippen LogP contribution in [0.1, 0.15) is 16.7 Å². The third kappa shape index (κ3) is 6.73. The van der Waals surface area contributed by atoms with Gasteiger partial charge in [-0.2, -0.15) is 5.10 Å². The summed E-state index contributed by atoms with van der Waals surface area (Å²) in [5.74, 6) is -0.660. The van der Waals surface area contributed by atoms with Gasteiger partial charge in [-0.3, -0.25) is 0 Å². The van der Waals surface area contributed by atoms with Gasteiger partial charge in [0, 0.05) is 11.8 Å². The molecule has 0 aromatic heterocycles. The summed E-state index contributed by atoms with van der Waals surface area (Å²) in [6, 6.07) is 20.5. The van der Waals surface area contributed by atoms with Crippen LogP contribution in [0.25, 0.3) is 0 Å². The molecular formula is C22H19F2N3OS. The van der Waals surface area contributed by atoms with E-state index in [0.717, 1.165) is 34.6 Å². The molecule has 0 atom stereocenters. The summed E-state index contributed by atoms with van der Waals surface area (Å²) in [4.78, 5) is 0. The average Bonchev–Trinajstić information content (AvgIpc) is 2.73. The third-order valence-corrected chi connectivity index (χ3v) is 4.69. The Morgan fingerprint density at radius 1 is 0.966 bits per heavy atom. The van der Waals surface area contributed by atoms with Crippen LogP contribution < -0.4 is 10.5 Å². The lowest BCUT2D eigenvalue weighted by Gasteiger charge is -2.07. The zero-order chi connectivity index (χ0) is 20.5. The molecule has 0 radical (unpaired) electrons. The molecule has 4 nitrogen and oxygen atoms in total. The highest BCUT2D eigenvalue weighted by Crippen LogP contribution is 2.19. The molecule has 0 aliphatic carbocycles. The van der Waals surface area contributed by atoms with Crippen LogP contribution in [0.4, 0.5) is 8.78 Å². The van der Waals surface area contributed by atoms with Crippen LogP contribution in [0.5, 0.6) is 5.75 Å². The lowest BCUT2D eigenvalue weighted by Crippen LogP contribution is -2.06. The van der Waals surface area contributed by atoms with Crippen LogP contribution in [-0.2, 0) is 12.4 Å². The summed E-state index contributed by atoms with van der Waals surface area (Å²) >= 11 is 1.41. The van der Waals surface area contributed by atoms with Crippen LogP contribution in [-0.4, -0.2) is 11.4 Å². The van der Waals surface area contributed by atoms with E-state index in [1.54, 1.807) is 6.21 Å². The fraction of sp³-hybridized carbons (Fsp3) is 0.0909. The summed E-state index contributed by atoms with van der Waals surface area (Å²) in [7, 11) is 0. The van der Waals surface area contributed by atoms with E-state index in [4.69, 9.17) is 10.5 Å².